The average molecular weight is 239 g/mol. The lowest BCUT2D eigenvalue weighted by Gasteiger charge is -2.13. The number of nitriles is 1. The molecule has 0 aromatic heterocycles. The quantitative estimate of drug-likeness (QED) is 0.769. The van der Waals surface area contributed by atoms with Crippen molar-refractivity contribution in [2.45, 2.75) is 37.8 Å². The molecule has 0 aliphatic heterocycles. The lowest BCUT2D eigenvalue weighted by molar-refractivity contribution is -0.137. The predicted octanol–water partition coefficient (Wildman–Crippen LogP) is 3.82. The summed E-state index contributed by atoms with van der Waals surface area (Å²) in [6.45, 7) is 1.81. The van der Waals surface area contributed by atoms with Crippen LogP contribution in [-0.2, 0) is 18.0 Å². The molecule has 0 amide bonds. The third-order valence-electron chi connectivity index (χ3n) is 3.24. The van der Waals surface area contributed by atoms with Crippen LogP contribution >= 0.6 is 0 Å². The van der Waals surface area contributed by atoms with Crippen molar-refractivity contribution in [3.05, 3.63) is 34.9 Å². The van der Waals surface area contributed by atoms with E-state index in [1.807, 2.05) is 6.92 Å². The van der Waals surface area contributed by atoms with Gasteiger partial charge in [-0.1, -0.05) is 13.0 Å². The highest BCUT2D eigenvalue weighted by Crippen LogP contribution is 2.48. The van der Waals surface area contributed by atoms with Gasteiger partial charge in [0.2, 0.25) is 0 Å². The van der Waals surface area contributed by atoms with E-state index in [1.165, 1.54) is 0 Å². The van der Waals surface area contributed by atoms with E-state index < -0.39 is 17.2 Å². The molecule has 90 valence electrons. The molecule has 0 atom stereocenters. The summed E-state index contributed by atoms with van der Waals surface area (Å²) >= 11 is 0. The van der Waals surface area contributed by atoms with Crippen LogP contribution in [0.5, 0.6) is 0 Å². The molecule has 0 N–H and O–H groups in total. The molecule has 0 bridgehead atoms. The largest absolute Gasteiger partial charge is 0.416 e. The summed E-state index contributed by atoms with van der Waals surface area (Å²) in [4.78, 5) is 0. The maximum absolute atomic E-state index is 12.7. The Hall–Kier alpha value is -1.50. The van der Waals surface area contributed by atoms with E-state index in [4.69, 9.17) is 5.26 Å². The number of aryl methyl sites for hydroxylation is 1. The van der Waals surface area contributed by atoms with Gasteiger partial charge in [0.15, 0.2) is 0 Å². The molecule has 2 rings (SSSR count). The molecule has 0 heterocycles. The van der Waals surface area contributed by atoms with Crippen LogP contribution in [-0.4, -0.2) is 0 Å². The van der Waals surface area contributed by atoms with E-state index in [0.717, 1.165) is 12.1 Å². The monoisotopic (exact) mass is 239 g/mol. The van der Waals surface area contributed by atoms with Gasteiger partial charge in [-0.15, -0.1) is 0 Å². The van der Waals surface area contributed by atoms with Crippen molar-refractivity contribution >= 4 is 0 Å². The maximum Gasteiger partial charge on any atom is 0.416 e. The molecule has 4 heteroatoms. The summed E-state index contributed by atoms with van der Waals surface area (Å²) in [5, 5.41) is 9.04. The first-order valence-electron chi connectivity index (χ1n) is 5.54. The molecule has 1 saturated carbocycles. The number of hydrogen-bond donors (Lipinski definition) is 0. The maximum atomic E-state index is 12.7. The zero-order chi connectivity index (χ0) is 12.7. The topological polar surface area (TPSA) is 23.8 Å². The first-order valence-corrected chi connectivity index (χ1v) is 5.54. The van der Waals surface area contributed by atoms with Gasteiger partial charge >= 0.3 is 6.18 Å². The Labute approximate surface area is 97.9 Å². The summed E-state index contributed by atoms with van der Waals surface area (Å²) in [5.41, 5.74) is -0.151. The molecular formula is C13H12F3N. The second kappa shape index (κ2) is 3.76. The van der Waals surface area contributed by atoms with Crippen molar-refractivity contribution in [1.82, 2.24) is 0 Å². The molecule has 1 aliphatic rings. The number of rotatable bonds is 2. The summed E-state index contributed by atoms with van der Waals surface area (Å²) in [6.07, 6.45) is -2.48. The Bertz CT molecular complexity index is 478. The van der Waals surface area contributed by atoms with E-state index in [9.17, 15) is 13.2 Å². The van der Waals surface area contributed by atoms with Crippen LogP contribution < -0.4 is 0 Å². The smallest absolute Gasteiger partial charge is 0.197 e. The highest BCUT2D eigenvalue weighted by Gasteiger charge is 2.46. The Morgan fingerprint density at radius 1 is 1.29 bits per heavy atom. The number of nitrogens with zero attached hydrogens (tertiary/aromatic N) is 1. The van der Waals surface area contributed by atoms with Crippen LogP contribution in [0.3, 0.4) is 0 Å². The third-order valence-corrected chi connectivity index (χ3v) is 3.24. The van der Waals surface area contributed by atoms with Gasteiger partial charge < -0.3 is 0 Å². The summed E-state index contributed by atoms with van der Waals surface area (Å²) in [7, 11) is 0. The molecule has 0 unspecified atom stereocenters. The number of hydrogen-bond acceptors (Lipinski definition) is 1. The second-order valence-electron chi connectivity index (χ2n) is 4.46. The van der Waals surface area contributed by atoms with Gasteiger partial charge in [0.05, 0.1) is 17.0 Å². The van der Waals surface area contributed by atoms with Crippen LogP contribution in [0.1, 0.15) is 36.5 Å². The standard InChI is InChI=1S/C13H12F3N/c1-2-9-5-10(12(8-17)3-4-12)7-11(6-9)13(14,15)16/h5-7H,2-4H2,1H3. The Balaban J connectivity index is 2.51. The van der Waals surface area contributed by atoms with Crippen molar-refractivity contribution < 1.29 is 13.2 Å². The van der Waals surface area contributed by atoms with Gasteiger partial charge in [-0.3, -0.25) is 0 Å². The molecule has 0 saturated heterocycles. The number of benzene rings is 1. The first-order chi connectivity index (χ1) is 7.91. The average Bonchev–Trinajstić information content (AvgIpc) is 3.08. The minimum absolute atomic E-state index is 0.520. The molecule has 1 aromatic rings. The molecule has 0 radical (unpaired) electrons. The molecule has 1 aliphatic carbocycles. The van der Waals surface area contributed by atoms with Crippen LogP contribution in [0.15, 0.2) is 18.2 Å². The molecule has 1 aromatic carbocycles. The SMILES string of the molecule is CCc1cc(C(F)(F)F)cc(C2(C#N)CC2)c1. The van der Waals surface area contributed by atoms with Crippen molar-refractivity contribution in [2.75, 3.05) is 0 Å². The lowest BCUT2D eigenvalue weighted by Crippen LogP contribution is -2.10. The second-order valence-corrected chi connectivity index (χ2v) is 4.46. The van der Waals surface area contributed by atoms with E-state index in [1.54, 1.807) is 6.07 Å². The lowest BCUT2D eigenvalue weighted by atomic mass is 9.93. The molecule has 1 fully saturated rings. The summed E-state index contributed by atoms with van der Waals surface area (Å²) in [5.74, 6) is 0. The van der Waals surface area contributed by atoms with Crippen LogP contribution in [0, 0.1) is 11.3 Å². The van der Waals surface area contributed by atoms with E-state index in [0.29, 0.717) is 30.4 Å². The fourth-order valence-electron chi connectivity index (χ4n) is 1.93. The number of halogens is 3. The van der Waals surface area contributed by atoms with Gasteiger partial charge in [0.25, 0.3) is 0 Å². The van der Waals surface area contributed by atoms with Crippen molar-refractivity contribution in [2.24, 2.45) is 0 Å². The molecule has 17 heavy (non-hydrogen) atoms. The fourth-order valence-corrected chi connectivity index (χ4v) is 1.93. The van der Waals surface area contributed by atoms with Gasteiger partial charge in [-0.2, -0.15) is 18.4 Å². The first kappa shape index (κ1) is 12.0. The van der Waals surface area contributed by atoms with Crippen molar-refractivity contribution in [3.8, 4) is 6.07 Å². The van der Waals surface area contributed by atoms with Crippen LogP contribution in [0.2, 0.25) is 0 Å². The Kier molecular flexibility index (Phi) is 2.65. The summed E-state index contributed by atoms with van der Waals surface area (Å²) in [6, 6.07) is 6.14. The zero-order valence-electron chi connectivity index (χ0n) is 9.43. The third kappa shape index (κ3) is 2.14. The van der Waals surface area contributed by atoms with Crippen LogP contribution in [0.4, 0.5) is 13.2 Å². The van der Waals surface area contributed by atoms with Gasteiger partial charge in [0.1, 0.15) is 0 Å². The normalized spacial score (nSPS) is 17.6. The molecule has 0 spiro atoms. The summed E-state index contributed by atoms with van der Waals surface area (Å²) < 4.78 is 38.1. The van der Waals surface area contributed by atoms with Crippen LogP contribution in [0.25, 0.3) is 0 Å². The fraction of sp³-hybridized carbons (Fsp3) is 0.462. The number of alkyl halides is 3. The van der Waals surface area contributed by atoms with E-state index in [2.05, 4.69) is 6.07 Å². The minimum atomic E-state index is -4.34. The Morgan fingerprint density at radius 3 is 2.35 bits per heavy atom. The molecular weight excluding hydrogens is 227 g/mol. The van der Waals surface area contributed by atoms with Crippen molar-refractivity contribution in [1.29, 1.82) is 5.26 Å². The minimum Gasteiger partial charge on any atom is -0.197 e. The molecule has 1 nitrogen and oxygen atoms in total. The highest BCUT2D eigenvalue weighted by molar-refractivity contribution is 5.44. The van der Waals surface area contributed by atoms with E-state index in [-0.39, 0.29) is 0 Å². The van der Waals surface area contributed by atoms with Gasteiger partial charge in [0, 0.05) is 0 Å². The highest BCUT2D eigenvalue weighted by atomic mass is 19.4. The Morgan fingerprint density at radius 2 is 1.94 bits per heavy atom. The van der Waals surface area contributed by atoms with Gasteiger partial charge in [-0.05, 0) is 42.5 Å². The van der Waals surface area contributed by atoms with Gasteiger partial charge in [-0.25, -0.2) is 0 Å². The van der Waals surface area contributed by atoms with E-state index >= 15 is 0 Å². The predicted molar refractivity (Wildman–Crippen MR) is 57.3 cm³/mol. The van der Waals surface area contributed by atoms with Crippen molar-refractivity contribution in [3.63, 3.8) is 0 Å². The zero-order valence-corrected chi connectivity index (χ0v) is 9.43.